The van der Waals surface area contributed by atoms with E-state index in [2.05, 4.69) is 19.9 Å². The predicted molar refractivity (Wildman–Crippen MR) is 97.7 cm³/mol. The lowest BCUT2D eigenvalue weighted by Crippen LogP contribution is -2.44. The van der Waals surface area contributed by atoms with Crippen molar-refractivity contribution >= 4 is 15.9 Å². The van der Waals surface area contributed by atoms with E-state index in [1.165, 1.54) is 0 Å². The van der Waals surface area contributed by atoms with Crippen LogP contribution < -0.4 is 0 Å². The maximum Gasteiger partial charge on any atom is 0.265 e. The second-order valence-corrected chi connectivity index (χ2v) is 9.37. The fraction of sp³-hybridized carbons (Fsp3) is 0.526. The molecule has 0 unspecified atom stereocenters. The maximum atomic E-state index is 13.3. The smallest absolute Gasteiger partial charge is 0.265 e. The number of hydrogen-bond donors (Lipinski definition) is 0. The zero-order valence-corrected chi connectivity index (χ0v) is 15.9. The highest BCUT2D eigenvalue weighted by Gasteiger charge is 2.43. The van der Waals surface area contributed by atoms with Crippen LogP contribution in [0.15, 0.2) is 45.8 Å². The number of amidine groups is 1. The van der Waals surface area contributed by atoms with E-state index in [0.29, 0.717) is 16.6 Å². The minimum absolute atomic E-state index is 0.138. The van der Waals surface area contributed by atoms with Crippen LogP contribution in [-0.4, -0.2) is 30.1 Å². The average molecular weight is 346 g/mol. The quantitative estimate of drug-likeness (QED) is 0.762. The monoisotopic (exact) mass is 346 g/mol. The predicted octanol–water partition coefficient (Wildman–Crippen LogP) is 3.92. The van der Waals surface area contributed by atoms with Crippen molar-refractivity contribution in [3.05, 3.63) is 41.5 Å². The molecule has 5 heteroatoms. The molecule has 1 heterocycles. The molecule has 0 saturated heterocycles. The van der Waals surface area contributed by atoms with Crippen LogP contribution in [-0.2, 0) is 10.0 Å². The van der Waals surface area contributed by atoms with Gasteiger partial charge in [0.05, 0.1) is 16.5 Å². The van der Waals surface area contributed by atoms with Crippen molar-refractivity contribution in [2.24, 2.45) is 10.9 Å². The van der Waals surface area contributed by atoms with Gasteiger partial charge in [-0.25, -0.2) is 12.7 Å². The van der Waals surface area contributed by atoms with Crippen molar-refractivity contribution < 1.29 is 8.42 Å². The van der Waals surface area contributed by atoms with Gasteiger partial charge in [0.25, 0.3) is 10.0 Å². The molecule has 130 valence electrons. The van der Waals surface area contributed by atoms with E-state index in [1.807, 2.05) is 32.9 Å². The molecule has 0 fully saturated rings. The van der Waals surface area contributed by atoms with Gasteiger partial charge in [0.1, 0.15) is 5.84 Å². The third-order valence-electron chi connectivity index (χ3n) is 5.39. The Morgan fingerprint density at radius 1 is 1.12 bits per heavy atom. The molecule has 4 nitrogen and oxygen atoms in total. The zero-order valence-electron chi connectivity index (χ0n) is 15.1. The highest BCUT2D eigenvalue weighted by molar-refractivity contribution is 7.89. The van der Waals surface area contributed by atoms with Crippen LogP contribution in [0.5, 0.6) is 0 Å². The number of rotatable bonds is 2. The Labute approximate surface area is 145 Å². The summed E-state index contributed by atoms with van der Waals surface area (Å²) in [6.45, 7) is 10.0. The summed E-state index contributed by atoms with van der Waals surface area (Å²) in [5.41, 5.74) is 1.91. The normalized spacial score (nSPS) is 26.5. The average Bonchev–Trinajstić information content (AvgIpc) is 2.56. The van der Waals surface area contributed by atoms with Crippen molar-refractivity contribution in [2.45, 2.75) is 63.9 Å². The topological polar surface area (TPSA) is 49.7 Å². The molecule has 0 radical (unpaired) electrons. The molecule has 1 aromatic rings. The number of sulfonamides is 1. The standard InChI is InChI=1S/C19H26N2O2S/c1-13-6-10-17(11-7-13)24(22,23)21-15(3)20-19(4,5)16-9-8-14(2)18(21)12-16/h6-8,10-11,16,18H,9,12H2,1-5H3/t16-,18-/m1/s1. The fourth-order valence-electron chi connectivity index (χ4n) is 3.82. The summed E-state index contributed by atoms with van der Waals surface area (Å²) in [6.07, 6.45) is 3.97. The molecule has 3 rings (SSSR count). The number of hydrogen-bond acceptors (Lipinski definition) is 3. The van der Waals surface area contributed by atoms with E-state index in [9.17, 15) is 8.42 Å². The van der Waals surface area contributed by atoms with E-state index >= 15 is 0 Å². The van der Waals surface area contributed by atoms with E-state index in [4.69, 9.17) is 4.99 Å². The third-order valence-corrected chi connectivity index (χ3v) is 7.29. The SMILES string of the molecule is CC1=CC[C@@H]2C[C@H]1N(S(=O)(=O)c1ccc(C)cc1)C(C)=NC2(C)C. The third kappa shape index (κ3) is 2.79. The molecule has 0 N–H and O–H groups in total. The number of allylic oxidation sites excluding steroid dienone is 1. The minimum Gasteiger partial charge on any atom is -0.265 e. The van der Waals surface area contributed by atoms with Gasteiger partial charge in [0, 0.05) is 0 Å². The molecule has 0 amide bonds. The summed E-state index contributed by atoms with van der Waals surface area (Å²) >= 11 is 0. The maximum absolute atomic E-state index is 13.3. The largest absolute Gasteiger partial charge is 0.265 e. The fourth-order valence-corrected chi connectivity index (χ4v) is 5.50. The van der Waals surface area contributed by atoms with E-state index < -0.39 is 10.0 Å². The number of nitrogens with zero attached hydrogens (tertiary/aromatic N) is 2. The van der Waals surface area contributed by atoms with Crippen molar-refractivity contribution in [2.75, 3.05) is 0 Å². The van der Waals surface area contributed by atoms with Crippen LogP contribution in [0.1, 0.15) is 46.1 Å². The highest BCUT2D eigenvalue weighted by Crippen LogP contribution is 2.41. The summed E-state index contributed by atoms with van der Waals surface area (Å²) in [6, 6.07) is 6.92. The Balaban J connectivity index is 2.15. The van der Waals surface area contributed by atoms with Crippen LogP contribution in [0.3, 0.4) is 0 Å². The van der Waals surface area contributed by atoms with Crippen molar-refractivity contribution in [3.63, 3.8) is 0 Å². The van der Waals surface area contributed by atoms with E-state index in [0.717, 1.165) is 24.0 Å². The Morgan fingerprint density at radius 2 is 1.75 bits per heavy atom. The number of aryl methyl sites for hydroxylation is 1. The summed E-state index contributed by atoms with van der Waals surface area (Å²) < 4.78 is 28.2. The molecule has 1 aliphatic heterocycles. The van der Waals surface area contributed by atoms with Gasteiger partial charge in [0.2, 0.25) is 0 Å². The molecule has 0 aromatic heterocycles. The van der Waals surface area contributed by atoms with Crippen molar-refractivity contribution in [3.8, 4) is 0 Å². The molecular weight excluding hydrogens is 320 g/mol. The number of fused-ring (bicyclic) bond motifs is 2. The molecule has 2 bridgehead atoms. The van der Waals surface area contributed by atoms with Crippen LogP contribution in [0.2, 0.25) is 0 Å². The van der Waals surface area contributed by atoms with Gasteiger partial charge in [-0.1, -0.05) is 29.3 Å². The number of aliphatic imine (C=N–C) groups is 1. The molecule has 0 spiro atoms. The molecule has 24 heavy (non-hydrogen) atoms. The first-order chi connectivity index (χ1) is 11.1. The lowest BCUT2D eigenvalue weighted by atomic mass is 9.76. The van der Waals surface area contributed by atoms with E-state index in [-0.39, 0.29) is 11.6 Å². The molecule has 1 aromatic carbocycles. The molecule has 2 aliphatic rings. The summed E-state index contributed by atoms with van der Waals surface area (Å²) in [5, 5.41) is 0. The van der Waals surface area contributed by atoms with Crippen LogP contribution in [0, 0.1) is 12.8 Å². The minimum atomic E-state index is -3.62. The van der Waals surface area contributed by atoms with Gasteiger partial charge in [-0.15, -0.1) is 0 Å². The lowest BCUT2D eigenvalue weighted by molar-refractivity contribution is 0.273. The Morgan fingerprint density at radius 3 is 2.38 bits per heavy atom. The lowest BCUT2D eigenvalue weighted by Gasteiger charge is -2.36. The van der Waals surface area contributed by atoms with Crippen LogP contribution in [0.4, 0.5) is 0 Å². The van der Waals surface area contributed by atoms with Crippen LogP contribution >= 0.6 is 0 Å². The Bertz CT molecular complexity index is 804. The molecule has 0 saturated carbocycles. The Kier molecular flexibility index (Phi) is 4.11. The first-order valence-corrected chi connectivity index (χ1v) is 9.91. The first-order valence-electron chi connectivity index (χ1n) is 8.47. The summed E-state index contributed by atoms with van der Waals surface area (Å²) in [5.74, 6) is 0.946. The molecule has 2 atom stereocenters. The van der Waals surface area contributed by atoms with Gasteiger partial charge in [-0.05, 0) is 65.5 Å². The van der Waals surface area contributed by atoms with Crippen molar-refractivity contribution in [1.82, 2.24) is 4.31 Å². The number of benzene rings is 1. The van der Waals surface area contributed by atoms with E-state index in [1.54, 1.807) is 16.4 Å². The summed E-state index contributed by atoms with van der Waals surface area (Å²) in [4.78, 5) is 5.14. The molecular formula is C19H26N2O2S. The molecule has 1 aliphatic carbocycles. The van der Waals surface area contributed by atoms with Gasteiger partial charge < -0.3 is 0 Å². The summed E-state index contributed by atoms with van der Waals surface area (Å²) in [7, 11) is -3.62. The highest BCUT2D eigenvalue weighted by atomic mass is 32.2. The zero-order chi connectivity index (χ0) is 17.7. The second kappa shape index (κ2) is 5.73. The van der Waals surface area contributed by atoms with Crippen LogP contribution in [0.25, 0.3) is 0 Å². The first kappa shape index (κ1) is 17.2. The van der Waals surface area contributed by atoms with Gasteiger partial charge in [0.15, 0.2) is 0 Å². The van der Waals surface area contributed by atoms with Crippen molar-refractivity contribution in [1.29, 1.82) is 0 Å². The Hall–Kier alpha value is -1.62. The van der Waals surface area contributed by atoms with Gasteiger partial charge in [-0.3, -0.25) is 4.99 Å². The van der Waals surface area contributed by atoms with Gasteiger partial charge >= 0.3 is 0 Å². The van der Waals surface area contributed by atoms with Gasteiger partial charge in [-0.2, -0.15) is 0 Å². The second-order valence-electron chi connectivity index (χ2n) is 7.56.